The Morgan fingerprint density at radius 3 is 1.94 bits per heavy atom. The third kappa shape index (κ3) is 2.10. The molecule has 158 valence electrons. The Kier molecular flexibility index (Phi) is 3.77. The van der Waals surface area contributed by atoms with Crippen molar-refractivity contribution in [3.05, 3.63) is 101 Å². The van der Waals surface area contributed by atoms with E-state index in [1.54, 1.807) is 0 Å². The fourth-order valence-electron chi connectivity index (χ4n) is 6.21. The van der Waals surface area contributed by atoms with Crippen molar-refractivity contribution in [1.82, 2.24) is 0 Å². The van der Waals surface area contributed by atoms with Crippen LogP contribution in [0.25, 0.3) is 0 Å². The number of anilines is 1. The lowest BCUT2D eigenvalue weighted by molar-refractivity contribution is -0.124. The SMILES string of the molecule is O=C(O)c1ccc(N2C(=O)[C@@H]3C4c5ccccc5C(CO)(c5ccccc54)[C@H]3C2=O)cc1. The Morgan fingerprint density at radius 1 is 0.844 bits per heavy atom. The van der Waals surface area contributed by atoms with Gasteiger partial charge in [-0.05, 0) is 46.5 Å². The molecule has 0 unspecified atom stereocenters. The Morgan fingerprint density at radius 2 is 1.41 bits per heavy atom. The van der Waals surface area contributed by atoms with Gasteiger partial charge in [0.05, 0.1) is 35.1 Å². The standard InChI is InChI=1S/C26H19NO5/c28-13-26-18-7-3-1-5-16(18)20(17-6-2-4-8-19(17)26)21-22(26)24(30)27(23(21)29)15-11-9-14(10-12-15)25(31)32/h1-12,20-22,28H,13H2,(H,31,32)/t20?,21-,22-,26?/m1/s1. The number of nitrogens with zero attached hydrogens (tertiary/aromatic N) is 1. The molecule has 3 aromatic rings. The molecule has 1 saturated heterocycles. The Balaban J connectivity index is 1.58. The summed E-state index contributed by atoms with van der Waals surface area (Å²) in [5, 5.41) is 20.0. The van der Waals surface area contributed by atoms with E-state index >= 15 is 0 Å². The smallest absolute Gasteiger partial charge is 0.335 e. The van der Waals surface area contributed by atoms with Crippen molar-refractivity contribution < 1.29 is 24.6 Å². The second-order valence-electron chi connectivity index (χ2n) is 8.65. The summed E-state index contributed by atoms with van der Waals surface area (Å²) in [5.74, 6) is -3.37. The van der Waals surface area contributed by atoms with Gasteiger partial charge in [-0.3, -0.25) is 9.59 Å². The summed E-state index contributed by atoms with van der Waals surface area (Å²) < 4.78 is 0. The van der Waals surface area contributed by atoms with Gasteiger partial charge in [-0.25, -0.2) is 9.69 Å². The van der Waals surface area contributed by atoms with Gasteiger partial charge in [-0.2, -0.15) is 0 Å². The summed E-state index contributed by atoms with van der Waals surface area (Å²) in [6, 6.07) is 21.3. The van der Waals surface area contributed by atoms with Gasteiger partial charge in [0.2, 0.25) is 11.8 Å². The molecule has 0 spiro atoms. The highest BCUT2D eigenvalue weighted by molar-refractivity contribution is 6.23. The van der Waals surface area contributed by atoms with E-state index in [4.69, 9.17) is 0 Å². The molecule has 6 nitrogen and oxygen atoms in total. The normalized spacial score (nSPS) is 27.2. The van der Waals surface area contributed by atoms with Crippen LogP contribution in [-0.2, 0) is 15.0 Å². The summed E-state index contributed by atoms with van der Waals surface area (Å²) in [5.41, 5.74) is 3.18. The minimum absolute atomic E-state index is 0.0805. The second kappa shape index (κ2) is 6.37. The van der Waals surface area contributed by atoms with Crippen LogP contribution in [0.15, 0.2) is 72.8 Å². The zero-order valence-corrected chi connectivity index (χ0v) is 16.9. The molecular weight excluding hydrogens is 406 g/mol. The van der Waals surface area contributed by atoms with Crippen molar-refractivity contribution in [2.45, 2.75) is 11.3 Å². The minimum atomic E-state index is -1.08. The molecule has 2 amide bonds. The van der Waals surface area contributed by atoms with Crippen LogP contribution in [0, 0.1) is 11.8 Å². The number of benzene rings is 3. The highest BCUT2D eigenvalue weighted by Crippen LogP contribution is 2.64. The molecule has 4 aliphatic rings. The second-order valence-corrected chi connectivity index (χ2v) is 8.65. The number of carboxylic acid groups (broad SMARTS) is 1. The van der Waals surface area contributed by atoms with Crippen LogP contribution in [0.2, 0.25) is 0 Å². The first-order chi connectivity index (χ1) is 15.5. The van der Waals surface area contributed by atoms with Crippen LogP contribution < -0.4 is 4.90 Å². The molecule has 3 aliphatic carbocycles. The molecule has 0 aromatic heterocycles. The molecule has 32 heavy (non-hydrogen) atoms. The Labute approximate surface area is 183 Å². The van der Waals surface area contributed by atoms with E-state index in [0.717, 1.165) is 22.3 Å². The number of hydrogen-bond acceptors (Lipinski definition) is 4. The monoisotopic (exact) mass is 425 g/mol. The zero-order valence-electron chi connectivity index (χ0n) is 16.9. The van der Waals surface area contributed by atoms with Crippen LogP contribution in [0.4, 0.5) is 5.69 Å². The van der Waals surface area contributed by atoms with Crippen LogP contribution in [-0.4, -0.2) is 34.6 Å². The van der Waals surface area contributed by atoms with Crippen LogP contribution in [0.5, 0.6) is 0 Å². The van der Waals surface area contributed by atoms with E-state index in [0.29, 0.717) is 5.69 Å². The van der Waals surface area contributed by atoms with Crippen molar-refractivity contribution in [2.75, 3.05) is 11.5 Å². The van der Waals surface area contributed by atoms with Gasteiger partial charge in [0.1, 0.15) is 0 Å². The number of carbonyl (C=O) groups is 3. The first-order valence-electron chi connectivity index (χ1n) is 10.5. The van der Waals surface area contributed by atoms with Crippen LogP contribution in [0.1, 0.15) is 38.5 Å². The van der Waals surface area contributed by atoms with Crippen molar-refractivity contribution in [3.63, 3.8) is 0 Å². The predicted molar refractivity (Wildman–Crippen MR) is 115 cm³/mol. The van der Waals surface area contributed by atoms with Crippen molar-refractivity contribution in [2.24, 2.45) is 11.8 Å². The van der Waals surface area contributed by atoms with Crippen LogP contribution >= 0.6 is 0 Å². The molecule has 2 N–H and O–H groups in total. The van der Waals surface area contributed by atoms with Crippen molar-refractivity contribution >= 4 is 23.5 Å². The number of imide groups is 1. The molecule has 3 aromatic carbocycles. The number of aliphatic hydroxyl groups excluding tert-OH is 1. The van der Waals surface area contributed by atoms with E-state index in [-0.39, 0.29) is 29.9 Å². The molecule has 6 heteroatoms. The summed E-state index contributed by atoms with van der Waals surface area (Å²) in [4.78, 5) is 40.0. The van der Waals surface area contributed by atoms with Gasteiger partial charge in [-0.15, -0.1) is 0 Å². The first kappa shape index (κ1) is 19.0. The Hall–Kier alpha value is -3.77. The number of aliphatic hydroxyl groups is 1. The molecule has 2 bridgehead atoms. The maximum absolute atomic E-state index is 13.8. The van der Waals surface area contributed by atoms with E-state index in [1.165, 1.54) is 29.2 Å². The molecule has 1 aliphatic heterocycles. The lowest BCUT2D eigenvalue weighted by Gasteiger charge is -2.53. The number of carbonyl (C=O) groups excluding carboxylic acids is 2. The van der Waals surface area contributed by atoms with Crippen LogP contribution in [0.3, 0.4) is 0 Å². The Bertz CT molecular complexity index is 1260. The summed E-state index contributed by atoms with van der Waals surface area (Å²) in [6.07, 6.45) is 0. The fraction of sp³-hybridized carbons (Fsp3) is 0.192. The fourth-order valence-corrected chi connectivity index (χ4v) is 6.21. The molecular formula is C26H19NO5. The first-order valence-corrected chi connectivity index (χ1v) is 10.5. The van der Waals surface area contributed by atoms with E-state index < -0.39 is 23.2 Å². The van der Waals surface area contributed by atoms with E-state index in [2.05, 4.69) is 0 Å². The highest BCUT2D eigenvalue weighted by atomic mass is 16.4. The van der Waals surface area contributed by atoms with Gasteiger partial charge >= 0.3 is 5.97 Å². The summed E-state index contributed by atoms with van der Waals surface area (Å²) in [7, 11) is 0. The molecule has 7 rings (SSSR count). The molecule has 0 radical (unpaired) electrons. The maximum Gasteiger partial charge on any atom is 0.335 e. The molecule has 1 fully saturated rings. The maximum atomic E-state index is 13.8. The quantitative estimate of drug-likeness (QED) is 0.630. The number of amides is 2. The number of rotatable bonds is 3. The number of carboxylic acids is 1. The topological polar surface area (TPSA) is 94.9 Å². The third-order valence-corrected chi connectivity index (χ3v) is 7.42. The van der Waals surface area contributed by atoms with Gasteiger partial charge in [0.15, 0.2) is 0 Å². The van der Waals surface area contributed by atoms with Gasteiger partial charge < -0.3 is 10.2 Å². The number of aromatic carboxylic acids is 1. The van der Waals surface area contributed by atoms with Gasteiger partial charge in [0.25, 0.3) is 0 Å². The van der Waals surface area contributed by atoms with Crippen molar-refractivity contribution in [3.8, 4) is 0 Å². The average Bonchev–Trinajstić information content (AvgIpc) is 3.10. The van der Waals surface area contributed by atoms with Gasteiger partial charge in [-0.1, -0.05) is 48.5 Å². The molecule has 1 heterocycles. The van der Waals surface area contributed by atoms with E-state index in [9.17, 15) is 24.6 Å². The molecule has 2 atom stereocenters. The number of hydrogen-bond donors (Lipinski definition) is 2. The highest BCUT2D eigenvalue weighted by Gasteiger charge is 2.68. The lowest BCUT2D eigenvalue weighted by atomic mass is 9.47. The minimum Gasteiger partial charge on any atom is -0.478 e. The average molecular weight is 425 g/mol. The van der Waals surface area contributed by atoms with Crippen molar-refractivity contribution in [1.29, 1.82) is 0 Å². The largest absolute Gasteiger partial charge is 0.478 e. The lowest BCUT2D eigenvalue weighted by Crippen LogP contribution is -2.55. The predicted octanol–water partition coefficient (Wildman–Crippen LogP) is 2.93. The zero-order chi connectivity index (χ0) is 22.2. The third-order valence-electron chi connectivity index (χ3n) is 7.42. The van der Waals surface area contributed by atoms with Gasteiger partial charge in [0, 0.05) is 5.92 Å². The summed E-state index contributed by atoms with van der Waals surface area (Å²) >= 11 is 0. The summed E-state index contributed by atoms with van der Waals surface area (Å²) in [6.45, 7) is -0.292. The van der Waals surface area contributed by atoms with E-state index in [1.807, 2.05) is 48.5 Å². The molecule has 0 saturated carbocycles.